The molecule has 1 aromatic heterocycles. The summed E-state index contributed by atoms with van der Waals surface area (Å²) in [5, 5.41) is 3.64. The van der Waals surface area contributed by atoms with Crippen molar-refractivity contribution in [2.24, 2.45) is 5.92 Å². The predicted octanol–water partition coefficient (Wildman–Crippen LogP) is 1.07. The lowest BCUT2D eigenvalue weighted by molar-refractivity contribution is 0.325. The monoisotopic (exact) mass is 299 g/mol. The summed E-state index contributed by atoms with van der Waals surface area (Å²) in [6.07, 6.45) is 2.83. The molecule has 0 saturated carbocycles. The molecule has 4 N–H and O–H groups in total. The Bertz CT molecular complexity index is 638. The van der Waals surface area contributed by atoms with E-state index in [9.17, 15) is 0 Å². The molecule has 0 aliphatic carbocycles. The zero-order valence-electron chi connectivity index (χ0n) is 12.6. The smallest absolute Gasteiger partial charge is 0.118 e. The van der Waals surface area contributed by atoms with Gasteiger partial charge in [-0.1, -0.05) is 12.1 Å². The number of nitrogens with one attached hydrogen (secondary N) is 4. The van der Waals surface area contributed by atoms with E-state index in [4.69, 9.17) is 4.74 Å². The van der Waals surface area contributed by atoms with Crippen LogP contribution in [0.5, 0.6) is 5.75 Å². The lowest BCUT2D eigenvalue weighted by atomic mass is 9.85. The Hall–Kier alpha value is -1.89. The average Bonchev–Trinajstić information content (AvgIpc) is 3.23. The van der Waals surface area contributed by atoms with E-state index in [1.54, 1.807) is 7.11 Å². The quantitative estimate of drug-likeness (QED) is 0.682. The van der Waals surface area contributed by atoms with Gasteiger partial charge < -0.3 is 15.0 Å². The Labute approximate surface area is 129 Å². The number of benzene rings is 1. The van der Waals surface area contributed by atoms with Gasteiger partial charge in [-0.25, -0.2) is 10.4 Å². The molecule has 3 unspecified atom stereocenters. The zero-order chi connectivity index (χ0) is 14.9. The van der Waals surface area contributed by atoms with Crippen molar-refractivity contribution in [2.45, 2.75) is 18.5 Å². The number of fused-ring (bicyclic) bond motifs is 1. The Morgan fingerprint density at radius 1 is 1.18 bits per heavy atom. The lowest BCUT2D eigenvalue weighted by Gasteiger charge is -2.31. The topological polar surface area (TPSA) is 74.0 Å². The Morgan fingerprint density at radius 3 is 2.86 bits per heavy atom. The van der Waals surface area contributed by atoms with Gasteiger partial charge in [-0.2, -0.15) is 0 Å². The Balaban J connectivity index is 1.61. The first kappa shape index (κ1) is 13.8. The SMILES string of the molecule is COc1ccc(C2NNCC2C2NCCc3[nH]cnc32)cc1. The van der Waals surface area contributed by atoms with Crippen LogP contribution in [0.4, 0.5) is 0 Å². The standard InChI is InChI=1S/C16H21N5O/c1-22-11-4-2-10(3-5-11)14-12(8-20-21-14)15-16-13(6-7-17-15)18-9-19-16/h2-5,9,12,14-15,17,20-21H,6-8H2,1H3,(H,18,19). The number of nitrogens with zero attached hydrogens (tertiary/aromatic N) is 1. The summed E-state index contributed by atoms with van der Waals surface area (Å²) in [4.78, 5) is 7.82. The highest BCUT2D eigenvalue weighted by Gasteiger charge is 2.38. The number of ether oxygens (including phenoxy) is 1. The first-order chi connectivity index (χ1) is 10.9. The number of methoxy groups -OCH3 is 1. The number of rotatable bonds is 3. The predicted molar refractivity (Wildman–Crippen MR) is 83.4 cm³/mol. The molecule has 0 amide bonds. The molecule has 0 spiro atoms. The van der Waals surface area contributed by atoms with Crippen LogP contribution in [0, 0.1) is 5.92 Å². The molecule has 1 fully saturated rings. The van der Waals surface area contributed by atoms with Crippen LogP contribution in [0.2, 0.25) is 0 Å². The van der Waals surface area contributed by atoms with Crippen LogP contribution in [0.25, 0.3) is 0 Å². The maximum absolute atomic E-state index is 5.25. The van der Waals surface area contributed by atoms with Crippen molar-refractivity contribution < 1.29 is 4.74 Å². The van der Waals surface area contributed by atoms with Crippen LogP contribution in [0.1, 0.15) is 29.0 Å². The normalized spacial score (nSPS) is 27.6. The van der Waals surface area contributed by atoms with Gasteiger partial charge in [-0.05, 0) is 17.7 Å². The highest BCUT2D eigenvalue weighted by molar-refractivity contribution is 5.31. The molecular weight excluding hydrogens is 278 g/mol. The van der Waals surface area contributed by atoms with Crippen LogP contribution in [-0.4, -0.2) is 30.2 Å². The average molecular weight is 299 g/mol. The number of hydrogen-bond donors (Lipinski definition) is 4. The van der Waals surface area contributed by atoms with E-state index in [2.05, 4.69) is 38.3 Å². The van der Waals surface area contributed by atoms with Crippen LogP contribution >= 0.6 is 0 Å². The summed E-state index contributed by atoms with van der Waals surface area (Å²) < 4.78 is 5.25. The number of aromatic amines is 1. The minimum atomic E-state index is 0.256. The van der Waals surface area contributed by atoms with Gasteiger partial charge in [-0.15, -0.1) is 0 Å². The van der Waals surface area contributed by atoms with E-state index in [0.717, 1.165) is 25.3 Å². The summed E-state index contributed by atoms with van der Waals surface area (Å²) in [6.45, 7) is 1.91. The number of aromatic nitrogens is 2. The van der Waals surface area contributed by atoms with Gasteiger partial charge >= 0.3 is 0 Å². The molecule has 3 atom stereocenters. The second-order valence-electron chi connectivity index (χ2n) is 5.89. The molecule has 1 saturated heterocycles. The van der Waals surface area contributed by atoms with Crippen LogP contribution < -0.4 is 20.9 Å². The Kier molecular flexibility index (Phi) is 3.57. The van der Waals surface area contributed by atoms with Crippen molar-refractivity contribution in [1.82, 2.24) is 26.1 Å². The summed E-state index contributed by atoms with van der Waals surface area (Å²) in [5.41, 5.74) is 10.4. The van der Waals surface area contributed by atoms with Crippen molar-refractivity contribution in [3.63, 3.8) is 0 Å². The number of hydrogen-bond acceptors (Lipinski definition) is 5. The van der Waals surface area contributed by atoms with Crippen molar-refractivity contribution >= 4 is 0 Å². The van der Waals surface area contributed by atoms with E-state index < -0.39 is 0 Å². The number of hydrazine groups is 1. The van der Waals surface area contributed by atoms with E-state index >= 15 is 0 Å². The van der Waals surface area contributed by atoms with E-state index in [1.165, 1.54) is 17.0 Å². The third-order valence-electron chi connectivity index (χ3n) is 4.71. The molecule has 1 aromatic carbocycles. The summed E-state index contributed by atoms with van der Waals surface area (Å²) in [7, 11) is 1.69. The third-order valence-corrected chi connectivity index (χ3v) is 4.71. The second-order valence-corrected chi connectivity index (χ2v) is 5.89. The van der Waals surface area contributed by atoms with Gasteiger partial charge in [0.15, 0.2) is 0 Å². The van der Waals surface area contributed by atoms with Crippen molar-refractivity contribution in [2.75, 3.05) is 20.2 Å². The molecule has 116 valence electrons. The van der Waals surface area contributed by atoms with Gasteiger partial charge in [0.25, 0.3) is 0 Å². The Morgan fingerprint density at radius 2 is 2.05 bits per heavy atom. The minimum absolute atomic E-state index is 0.256. The molecule has 3 heterocycles. The molecular formula is C16H21N5O. The van der Waals surface area contributed by atoms with Crippen molar-refractivity contribution in [3.8, 4) is 5.75 Å². The molecule has 2 aromatic rings. The summed E-state index contributed by atoms with van der Waals surface area (Å²) in [5.74, 6) is 1.30. The highest BCUT2D eigenvalue weighted by Crippen LogP contribution is 2.36. The molecule has 0 bridgehead atoms. The molecule has 22 heavy (non-hydrogen) atoms. The molecule has 2 aliphatic rings. The molecule has 6 heteroatoms. The fourth-order valence-corrected chi connectivity index (χ4v) is 3.57. The summed E-state index contributed by atoms with van der Waals surface area (Å²) in [6, 6.07) is 8.81. The maximum atomic E-state index is 5.25. The van der Waals surface area contributed by atoms with Gasteiger partial charge in [-0.3, -0.25) is 5.43 Å². The number of imidazole rings is 1. The maximum Gasteiger partial charge on any atom is 0.118 e. The number of H-pyrrole nitrogens is 1. The molecule has 2 aliphatic heterocycles. The molecule has 0 radical (unpaired) electrons. The first-order valence-corrected chi connectivity index (χ1v) is 7.74. The van der Waals surface area contributed by atoms with Gasteiger partial charge in [0.05, 0.1) is 31.2 Å². The lowest BCUT2D eigenvalue weighted by Crippen LogP contribution is -2.38. The zero-order valence-corrected chi connectivity index (χ0v) is 12.6. The first-order valence-electron chi connectivity index (χ1n) is 7.74. The van der Waals surface area contributed by atoms with Crippen LogP contribution in [0.15, 0.2) is 30.6 Å². The van der Waals surface area contributed by atoms with Gasteiger partial charge in [0.2, 0.25) is 0 Å². The minimum Gasteiger partial charge on any atom is -0.497 e. The van der Waals surface area contributed by atoms with Crippen molar-refractivity contribution in [3.05, 3.63) is 47.5 Å². The van der Waals surface area contributed by atoms with E-state index in [0.29, 0.717) is 5.92 Å². The van der Waals surface area contributed by atoms with Crippen LogP contribution in [-0.2, 0) is 6.42 Å². The largest absolute Gasteiger partial charge is 0.497 e. The van der Waals surface area contributed by atoms with Crippen LogP contribution in [0.3, 0.4) is 0 Å². The third kappa shape index (κ3) is 2.29. The molecule has 4 rings (SSSR count). The highest BCUT2D eigenvalue weighted by atomic mass is 16.5. The fraction of sp³-hybridized carbons (Fsp3) is 0.438. The van der Waals surface area contributed by atoms with Gasteiger partial charge in [0.1, 0.15) is 5.75 Å². The van der Waals surface area contributed by atoms with E-state index in [1.807, 2.05) is 18.5 Å². The fourth-order valence-electron chi connectivity index (χ4n) is 3.57. The summed E-state index contributed by atoms with van der Waals surface area (Å²) >= 11 is 0. The van der Waals surface area contributed by atoms with Gasteiger partial charge in [0, 0.05) is 31.1 Å². The molecule has 6 nitrogen and oxygen atoms in total. The van der Waals surface area contributed by atoms with Crippen molar-refractivity contribution in [1.29, 1.82) is 0 Å². The second kappa shape index (κ2) is 5.72. The van der Waals surface area contributed by atoms with E-state index in [-0.39, 0.29) is 12.1 Å².